The first-order valence-corrected chi connectivity index (χ1v) is 10.2. The number of carbonyl (C=O) groups excluding carboxylic acids is 2. The van der Waals surface area contributed by atoms with Gasteiger partial charge in [-0.15, -0.1) is 0 Å². The third-order valence-corrected chi connectivity index (χ3v) is 5.87. The maximum absolute atomic E-state index is 12.6. The van der Waals surface area contributed by atoms with Crippen molar-refractivity contribution < 1.29 is 23.8 Å². The molecule has 0 unspecified atom stereocenters. The van der Waals surface area contributed by atoms with E-state index in [4.69, 9.17) is 14.2 Å². The number of carbonyl (C=O) groups is 2. The molecule has 7 heteroatoms. The van der Waals surface area contributed by atoms with E-state index in [-0.39, 0.29) is 18.3 Å². The number of methoxy groups -OCH3 is 1. The highest BCUT2D eigenvalue weighted by molar-refractivity contribution is 8.04. The zero-order chi connectivity index (χ0) is 20.2. The first-order valence-electron chi connectivity index (χ1n) is 9.35. The van der Waals surface area contributed by atoms with Gasteiger partial charge in [-0.3, -0.25) is 9.59 Å². The van der Waals surface area contributed by atoms with Gasteiger partial charge in [-0.25, -0.2) is 0 Å². The van der Waals surface area contributed by atoms with Crippen LogP contribution in [0.4, 0.5) is 0 Å². The molecule has 6 nitrogen and oxygen atoms in total. The van der Waals surface area contributed by atoms with Gasteiger partial charge in [0.1, 0.15) is 0 Å². The topological polar surface area (TPSA) is 65.1 Å². The van der Waals surface area contributed by atoms with Gasteiger partial charge in [-0.1, -0.05) is 30.0 Å². The van der Waals surface area contributed by atoms with Crippen molar-refractivity contribution in [1.82, 2.24) is 4.90 Å². The van der Waals surface area contributed by atoms with Crippen LogP contribution in [0, 0.1) is 0 Å². The lowest BCUT2D eigenvalue weighted by Gasteiger charge is -2.26. The van der Waals surface area contributed by atoms with Crippen LogP contribution in [0.5, 0.6) is 11.5 Å². The number of morpholine rings is 1. The van der Waals surface area contributed by atoms with Gasteiger partial charge in [0, 0.05) is 23.5 Å². The minimum absolute atomic E-state index is 0.0287. The minimum atomic E-state index is -0.0766. The Balaban J connectivity index is 1.46. The minimum Gasteiger partial charge on any atom is -0.493 e. The van der Waals surface area contributed by atoms with Crippen LogP contribution in [-0.4, -0.2) is 56.6 Å². The zero-order valence-electron chi connectivity index (χ0n) is 16.1. The second-order valence-electron chi connectivity index (χ2n) is 6.63. The van der Waals surface area contributed by atoms with Gasteiger partial charge in [0.2, 0.25) is 5.78 Å². The number of allylic oxidation sites excluding steroid dienone is 1. The molecule has 0 N–H and O–H groups in total. The second-order valence-corrected chi connectivity index (χ2v) is 7.71. The number of amides is 1. The Morgan fingerprint density at radius 3 is 2.72 bits per heavy atom. The van der Waals surface area contributed by atoms with E-state index in [0.29, 0.717) is 42.7 Å². The van der Waals surface area contributed by atoms with Gasteiger partial charge >= 0.3 is 0 Å². The average molecular weight is 411 g/mol. The molecule has 2 aromatic rings. The number of thioether (sulfide) groups is 1. The second kappa shape index (κ2) is 8.71. The van der Waals surface area contributed by atoms with Gasteiger partial charge in [0.25, 0.3) is 5.91 Å². The highest BCUT2D eigenvalue weighted by Gasteiger charge is 2.25. The molecular weight excluding hydrogens is 390 g/mol. The van der Waals surface area contributed by atoms with Gasteiger partial charge in [-0.05, 0) is 35.9 Å². The molecule has 0 atom stereocenters. The summed E-state index contributed by atoms with van der Waals surface area (Å²) >= 11 is 1.47. The highest BCUT2D eigenvalue weighted by atomic mass is 32.2. The van der Waals surface area contributed by atoms with Crippen LogP contribution in [0.3, 0.4) is 0 Å². The average Bonchev–Trinajstić information content (AvgIpc) is 3.08. The summed E-state index contributed by atoms with van der Waals surface area (Å²) in [5, 5.41) is 0. The number of ketones is 1. The Morgan fingerprint density at radius 1 is 1.17 bits per heavy atom. The van der Waals surface area contributed by atoms with Crippen LogP contribution in [0.25, 0.3) is 6.08 Å². The summed E-state index contributed by atoms with van der Waals surface area (Å²) in [4.78, 5) is 28.2. The Hall–Kier alpha value is -2.77. The molecule has 0 saturated carbocycles. The smallest absolute Gasteiger partial charge is 0.260 e. The fourth-order valence-electron chi connectivity index (χ4n) is 3.22. The lowest BCUT2D eigenvalue weighted by atomic mass is 10.1. The molecule has 0 bridgehead atoms. The van der Waals surface area contributed by atoms with E-state index >= 15 is 0 Å². The summed E-state index contributed by atoms with van der Waals surface area (Å²) in [6.45, 7) is 2.22. The molecule has 1 saturated heterocycles. The predicted octanol–water partition coefficient (Wildman–Crippen LogP) is 3.26. The molecular formula is C22H21NO5S. The lowest BCUT2D eigenvalue weighted by molar-refractivity contribution is -0.137. The molecule has 0 aliphatic carbocycles. The number of fused-ring (bicyclic) bond motifs is 1. The summed E-state index contributed by atoms with van der Waals surface area (Å²) in [6.07, 6.45) is 1.85. The van der Waals surface area contributed by atoms with Crippen molar-refractivity contribution in [2.45, 2.75) is 4.90 Å². The Kier molecular flexibility index (Phi) is 5.87. The maximum Gasteiger partial charge on any atom is 0.260 e. The van der Waals surface area contributed by atoms with E-state index < -0.39 is 0 Å². The Bertz CT molecular complexity index is 965. The lowest BCUT2D eigenvalue weighted by Crippen LogP contribution is -2.43. The summed E-state index contributed by atoms with van der Waals surface area (Å²) in [5.74, 6) is 0.959. The van der Waals surface area contributed by atoms with Crippen molar-refractivity contribution in [3.63, 3.8) is 0 Å². The molecule has 2 aliphatic rings. The molecule has 1 amide bonds. The normalized spacial score (nSPS) is 17.3. The SMILES string of the molecule is COc1cc(/C=C2/Sc3ccccc3C2=O)ccc1OCC(=O)N1CCOCC1. The molecule has 2 aromatic carbocycles. The van der Waals surface area contributed by atoms with Gasteiger partial charge in [0.15, 0.2) is 18.1 Å². The van der Waals surface area contributed by atoms with Crippen LogP contribution >= 0.6 is 11.8 Å². The number of rotatable bonds is 5. The number of hydrogen-bond donors (Lipinski definition) is 0. The number of hydrogen-bond acceptors (Lipinski definition) is 6. The van der Waals surface area contributed by atoms with Crippen LogP contribution in [0.2, 0.25) is 0 Å². The highest BCUT2D eigenvalue weighted by Crippen LogP contribution is 2.41. The molecule has 1 fully saturated rings. The summed E-state index contributed by atoms with van der Waals surface area (Å²) < 4.78 is 16.4. The fourth-order valence-corrected chi connectivity index (χ4v) is 4.28. The molecule has 0 spiro atoms. The van der Waals surface area contributed by atoms with Gasteiger partial charge < -0.3 is 19.1 Å². The zero-order valence-corrected chi connectivity index (χ0v) is 16.9. The first kappa shape index (κ1) is 19.5. The van der Waals surface area contributed by atoms with Crippen molar-refractivity contribution in [3.8, 4) is 11.5 Å². The molecule has 29 heavy (non-hydrogen) atoms. The Labute approximate surface area is 173 Å². The van der Waals surface area contributed by atoms with E-state index in [1.807, 2.05) is 36.4 Å². The molecule has 2 aliphatic heterocycles. The van der Waals surface area contributed by atoms with Crippen molar-refractivity contribution >= 4 is 29.5 Å². The van der Waals surface area contributed by atoms with Crippen molar-refractivity contribution in [1.29, 1.82) is 0 Å². The maximum atomic E-state index is 12.6. The molecule has 2 heterocycles. The third kappa shape index (κ3) is 4.31. The van der Waals surface area contributed by atoms with Gasteiger partial charge in [0.05, 0.1) is 25.2 Å². The summed E-state index contributed by atoms with van der Waals surface area (Å²) in [5.41, 5.74) is 1.56. The van der Waals surface area contributed by atoms with E-state index in [1.54, 1.807) is 24.1 Å². The van der Waals surface area contributed by atoms with E-state index in [9.17, 15) is 9.59 Å². The molecule has 4 rings (SSSR count). The number of Topliss-reactive ketones (excluding diaryl/α,β-unsaturated/α-hetero) is 1. The number of ether oxygens (including phenoxy) is 3. The van der Waals surface area contributed by atoms with Crippen molar-refractivity contribution in [3.05, 3.63) is 58.5 Å². The van der Waals surface area contributed by atoms with E-state index in [2.05, 4.69) is 0 Å². The number of benzene rings is 2. The quantitative estimate of drug-likeness (QED) is 0.704. The summed E-state index contributed by atoms with van der Waals surface area (Å²) in [6, 6.07) is 13.0. The third-order valence-electron chi connectivity index (χ3n) is 4.78. The number of nitrogens with zero attached hydrogens (tertiary/aromatic N) is 1. The first-order chi connectivity index (χ1) is 14.2. The van der Waals surface area contributed by atoms with Gasteiger partial charge in [-0.2, -0.15) is 0 Å². The monoisotopic (exact) mass is 411 g/mol. The van der Waals surface area contributed by atoms with E-state index in [1.165, 1.54) is 11.8 Å². The van der Waals surface area contributed by atoms with Crippen LogP contribution in [0.1, 0.15) is 15.9 Å². The molecule has 0 radical (unpaired) electrons. The predicted molar refractivity (Wildman–Crippen MR) is 110 cm³/mol. The van der Waals surface area contributed by atoms with Crippen LogP contribution in [0.15, 0.2) is 52.3 Å². The van der Waals surface area contributed by atoms with Crippen molar-refractivity contribution in [2.75, 3.05) is 40.0 Å². The Morgan fingerprint density at radius 2 is 1.97 bits per heavy atom. The van der Waals surface area contributed by atoms with Crippen LogP contribution < -0.4 is 9.47 Å². The van der Waals surface area contributed by atoms with Crippen molar-refractivity contribution in [2.24, 2.45) is 0 Å². The molecule has 0 aromatic heterocycles. The standard InChI is InChI=1S/C22H21NO5S/c1-26-18-12-15(13-20-22(25)16-4-2-3-5-19(16)29-20)6-7-17(18)28-14-21(24)23-8-10-27-11-9-23/h2-7,12-13H,8-11,14H2,1H3/b20-13+. The van der Waals surface area contributed by atoms with E-state index in [0.717, 1.165) is 16.0 Å². The molecule has 150 valence electrons. The largest absolute Gasteiger partial charge is 0.493 e. The summed E-state index contributed by atoms with van der Waals surface area (Å²) in [7, 11) is 1.55. The van der Waals surface area contributed by atoms with Crippen LogP contribution in [-0.2, 0) is 9.53 Å². The fraction of sp³-hybridized carbons (Fsp3) is 0.273.